The van der Waals surface area contributed by atoms with E-state index in [0.29, 0.717) is 5.69 Å². The lowest BCUT2D eigenvalue weighted by atomic mass is 10.1. The molecular formula is C13H17N3O4. The number of hydrogen-bond acceptors (Lipinski definition) is 3. The first-order valence-corrected chi connectivity index (χ1v) is 6.10. The first kappa shape index (κ1) is 15.5. The molecule has 0 saturated carbocycles. The molecule has 0 saturated heterocycles. The number of hydrogen-bond donors (Lipinski definition) is 4. The summed E-state index contributed by atoms with van der Waals surface area (Å²) in [5.41, 5.74) is 6.45. The highest BCUT2D eigenvalue weighted by atomic mass is 16.4. The Balaban J connectivity index is 2.70. The van der Waals surface area contributed by atoms with Crippen molar-refractivity contribution in [2.75, 3.05) is 5.32 Å². The number of amides is 3. The van der Waals surface area contributed by atoms with Crippen molar-refractivity contribution in [1.82, 2.24) is 5.32 Å². The fourth-order valence-electron chi connectivity index (χ4n) is 1.67. The van der Waals surface area contributed by atoms with Crippen LogP contribution in [0.15, 0.2) is 24.3 Å². The molecule has 108 valence electrons. The number of primary amides is 1. The van der Waals surface area contributed by atoms with Crippen LogP contribution >= 0.6 is 0 Å². The molecule has 20 heavy (non-hydrogen) atoms. The van der Waals surface area contributed by atoms with E-state index >= 15 is 0 Å². The van der Waals surface area contributed by atoms with Gasteiger partial charge in [-0.1, -0.05) is 25.1 Å². The maximum absolute atomic E-state index is 11.7. The van der Waals surface area contributed by atoms with E-state index < -0.39 is 30.4 Å². The van der Waals surface area contributed by atoms with Gasteiger partial charge in [-0.2, -0.15) is 0 Å². The molecule has 7 heteroatoms. The number of aryl methyl sites for hydroxylation is 1. The lowest BCUT2D eigenvalue weighted by molar-refractivity contribution is -0.140. The zero-order valence-electron chi connectivity index (χ0n) is 11.1. The SMILES string of the molecule is CCc1ccccc1NC(=O)N[C@H](CC(N)=O)C(=O)O. The molecule has 1 atom stereocenters. The van der Waals surface area contributed by atoms with Gasteiger partial charge < -0.3 is 21.5 Å². The summed E-state index contributed by atoms with van der Waals surface area (Å²) in [5, 5.41) is 13.6. The monoisotopic (exact) mass is 279 g/mol. The van der Waals surface area contributed by atoms with E-state index in [-0.39, 0.29) is 0 Å². The number of nitrogens with one attached hydrogen (secondary N) is 2. The average molecular weight is 279 g/mol. The second-order valence-corrected chi connectivity index (χ2v) is 4.17. The lowest BCUT2D eigenvalue weighted by Crippen LogP contribution is -2.45. The van der Waals surface area contributed by atoms with E-state index in [2.05, 4.69) is 10.6 Å². The number of urea groups is 1. The van der Waals surface area contributed by atoms with Crippen LogP contribution in [0.3, 0.4) is 0 Å². The van der Waals surface area contributed by atoms with Crippen LogP contribution in [0.25, 0.3) is 0 Å². The van der Waals surface area contributed by atoms with Gasteiger partial charge in [0.05, 0.1) is 6.42 Å². The molecule has 0 fully saturated rings. The predicted octanol–water partition coefficient (Wildman–Crippen LogP) is 0.699. The third-order valence-electron chi connectivity index (χ3n) is 2.66. The number of benzene rings is 1. The van der Waals surface area contributed by atoms with Crippen LogP contribution in [0.4, 0.5) is 10.5 Å². The number of carboxylic acids is 1. The van der Waals surface area contributed by atoms with Gasteiger partial charge in [-0.15, -0.1) is 0 Å². The molecule has 3 amide bonds. The van der Waals surface area contributed by atoms with Gasteiger partial charge in [-0.25, -0.2) is 9.59 Å². The van der Waals surface area contributed by atoms with Gasteiger partial charge >= 0.3 is 12.0 Å². The van der Waals surface area contributed by atoms with Crippen molar-refractivity contribution in [1.29, 1.82) is 0 Å². The molecule has 0 aliphatic heterocycles. The number of nitrogens with two attached hydrogens (primary N) is 1. The van der Waals surface area contributed by atoms with Crippen LogP contribution in [-0.4, -0.2) is 29.1 Å². The summed E-state index contributed by atoms with van der Waals surface area (Å²) in [6, 6.07) is 5.12. The Morgan fingerprint density at radius 1 is 1.30 bits per heavy atom. The number of para-hydroxylation sites is 1. The molecule has 0 bridgehead atoms. The van der Waals surface area contributed by atoms with Crippen molar-refractivity contribution >= 4 is 23.6 Å². The summed E-state index contributed by atoms with van der Waals surface area (Å²) < 4.78 is 0. The Bertz CT molecular complexity index is 516. The second kappa shape index (κ2) is 7.13. The highest BCUT2D eigenvalue weighted by Crippen LogP contribution is 2.15. The fraction of sp³-hybridized carbons (Fsp3) is 0.308. The minimum atomic E-state index is -1.35. The zero-order chi connectivity index (χ0) is 15.1. The van der Waals surface area contributed by atoms with Gasteiger partial charge in [0.15, 0.2) is 0 Å². The average Bonchev–Trinajstić information content (AvgIpc) is 2.37. The van der Waals surface area contributed by atoms with Crippen LogP contribution in [0.5, 0.6) is 0 Å². The highest BCUT2D eigenvalue weighted by molar-refractivity contribution is 5.94. The van der Waals surface area contributed by atoms with Crippen molar-refractivity contribution in [2.24, 2.45) is 5.73 Å². The molecule has 0 unspecified atom stereocenters. The molecule has 0 radical (unpaired) electrons. The normalized spacial score (nSPS) is 11.4. The molecule has 7 nitrogen and oxygen atoms in total. The molecule has 1 rings (SSSR count). The third-order valence-corrected chi connectivity index (χ3v) is 2.66. The van der Waals surface area contributed by atoms with Crippen molar-refractivity contribution in [2.45, 2.75) is 25.8 Å². The standard InChI is InChI=1S/C13H17N3O4/c1-2-8-5-3-4-6-9(8)15-13(20)16-10(12(18)19)7-11(14)17/h3-6,10H,2,7H2,1H3,(H2,14,17)(H,18,19)(H2,15,16,20)/t10-/m1/s1. The summed E-state index contributed by atoms with van der Waals surface area (Å²) >= 11 is 0. The van der Waals surface area contributed by atoms with E-state index in [4.69, 9.17) is 10.8 Å². The molecule has 1 aromatic carbocycles. The molecule has 1 aromatic rings. The Morgan fingerprint density at radius 3 is 2.50 bits per heavy atom. The van der Waals surface area contributed by atoms with E-state index in [9.17, 15) is 14.4 Å². The van der Waals surface area contributed by atoms with Gasteiger partial charge in [0.1, 0.15) is 6.04 Å². The Hall–Kier alpha value is -2.57. The van der Waals surface area contributed by atoms with E-state index in [1.807, 2.05) is 19.1 Å². The molecule has 0 aromatic heterocycles. The Kier molecular flexibility index (Phi) is 5.52. The maximum Gasteiger partial charge on any atom is 0.326 e. The summed E-state index contributed by atoms with van der Waals surface area (Å²) in [7, 11) is 0. The summed E-state index contributed by atoms with van der Waals surface area (Å²) in [6.45, 7) is 1.94. The number of anilines is 1. The van der Waals surface area contributed by atoms with Crippen LogP contribution in [0.2, 0.25) is 0 Å². The lowest BCUT2D eigenvalue weighted by Gasteiger charge is -2.15. The third kappa shape index (κ3) is 4.60. The summed E-state index contributed by atoms with van der Waals surface area (Å²) in [6.07, 6.45) is 0.262. The maximum atomic E-state index is 11.7. The molecule has 0 aliphatic carbocycles. The Morgan fingerprint density at radius 2 is 1.95 bits per heavy atom. The zero-order valence-corrected chi connectivity index (χ0v) is 11.1. The second-order valence-electron chi connectivity index (χ2n) is 4.17. The molecular weight excluding hydrogens is 262 g/mol. The van der Waals surface area contributed by atoms with E-state index in [0.717, 1.165) is 12.0 Å². The van der Waals surface area contributed by atoms with Crippen LogP contribution < -0.4 is 16.4 Å². The smallest absolute Gasteiger partial charge is 0.326 e. The molecule has 5 N–H and O–H groups in total. The molecule has 0 heterocycles. The molecule has 0 spiro atoms. The fourth-order valence-corrected chi connectivity index (χ4v) is 1.67. The Labute approximate surface area is 116 Å². The van der Waals surface area contributed by atoms with Crippen molar-refractivity contribution in [3.63, 3.8) is 0 Å². The first-order chi connectivity index (χ1) is 9.43. The van der Waals surface area contributed by atoms with Gasteiger partial charge in [0.25, 0.3) is 0 Å². The summed E-state index contributed by atoms with van der Waals surface area (Å²) in [4.78, 5) is 33.4. The predicted molar refractivity (Wildman–Crippen MR) is 73.2 cm³/mol. The van der Waals surface area contributed by atoms with Crippen LogP contribution in [0, 0.1) is 0 Å². The topological polar surface area (TPSA) is 122 Å². The minimum Gasteiger partial charge on any atom is -0.480 e. The van der Waals surface area contributed by atoms with Crippen molar-refractivity contribution in [3.8, 4) is 0 Å². The number of rotatable bonds is 6. The van der Waals surface area contributed by atoms with Crippen LogP contribution in [0.1, 0.15) is 18.9 Å². The summed E-state index contributed by atoms with van der Waals surface area (Å²) in [5.74, 6) is -2.12. The first-order valence-electron chi connectivity index (χ1n) is 6.10. The van der Waals surface area contributed by atoms with Gasteiger partial charge in [0.2, 0.25) is 5.91 Å². The minimum absolute atomic E-state index is 0.460. The number of aliphatic carboxylic acids is 1. The van der Waals surface area contributed by atoms with Crippen molar-refractivity contribution in [3.05, 3.63) is 29.8 Å². The van der Waals surface area contributed by atoms with E-state index in [1.54, 1.807) is 12.1 Å². The van der Waals surface area contributed by atoms with E-state index in [1.165, 1.54) is 0 Å². The largest absolute Gasteiger partial charge is 0.480 e. The number of carbonyl (C=O) groups excluding carboxylic acids is 2. The number of carbonyl (C=O) groups is 3. The van der Waals surface area contributed by atoms with Gasteiger partial charge in [-0.05, 0) is 18.1 Å². The quantitative estimate of drug-likeness (QED) is 0.612. The van der Waals surface area contributed by atoms with Gasteiger partial charge in [-0.3, -0.25) is 4.79 Å². The van der Waals surface area contributed by atoms with Crippen LogP contribution in [-0.2, 0) is 16.0 Å². The molecule has 0 aliphatic rings. The van der Waals surface area contributed by atoms with Crippen molar-refractivity contribution < 1.29 is 19.5 Å². The highest BCUT2D eigenvalue weighted by Gasteiger charge is 2.22. The number of carboxylic acid groups (broad SMARTS) is 1. The van der Waals surface area contributed by atoms with Gasteiger partial charge in [0, 0.05) is 5.69 Å².